The zero-order valence-corrected chi connectivity index (χ0v) is 13.3. The second-order valence-corrected chi connectivity index (χ2v) is 6.22. The Morgan fingerprint density at radius 2 is 2.17 bits per heavy atom. The molecule has 0 spiro atoms. The second kappa shape index (κ2) is 5.34. The number of hydrogen-bond donors (Lipinski definition) is 2. The molecular formula is C16H20N6O. The Morgan fingerprint density at radius 3 is 2.87 bits per heavy atom. The fourth-order valence-electron chi connectivity index (χ4n) is 3.29. The molecule has 7 nitrogen and oxygen atoms in total. The van der Waals surface area contributed by atoms with E-state index in [1.165, 1.54) is 0 Å². The van der Waals surface area contributed by atoms with E-state index in [2.05, 4.69) is 25.0 Å². The Labute approximate surface area is 134 Å². The van der Waals surface area contributed by atoms with E-state index >= 15 is 0 Å². The lowest BCUT2D eigenvalue weighted by Gasteiger charge is -2.15. The minimum atomic E-state index is -0.212. The first-order valence-electron chi connectivity index (χ1n) is 7.89. The van der Waals surface area contributed by atoms with Crippen LogP contribution in [-0.2, 0) is 7.05 Å². The molecule has 3 heterocycles. The minimum absolute atomic E-state index is 0.212. The molecule has 7 heteroatoms. The molecule has 4 rings (SSSR count). The normalized spacial score (nSPS) is 21.2. The van der Waals surface area contributed by atoms with E-state index in [4.69, 9.17) is 0 Å². The largest absolute Gasteiger partial charge is 0.393 e. The highest BCUT2D eigenvalue weighted by molar-refractivity contribution is 5.88. The monoisotopic (exact) mass is 312 g/mol. The van der Waals surface area contributed by atoms with Gasteiger partial charge in [0.15, 0.2) is 5.82 Å². The summed E-state index contributed by atoms with van der Waals surface area (Å²) in [5, 5.41) is 17.5. The molecule has 120 valence electrons. The number of aliphatic hydroxyl groups is 1. The van der Waals surface area contributed by atoms with Gasteiger partial charge in [-0.3, -0.25) is 4.68 Å². The molecule has 1 fully saturated rings. The third-order valence-electron chi connectivity index (χ3n) is 4.36. The zero-order valence-electron chi connectivity index (χ0n) is 13.3. The number of aliphatic hydroxyl groups excluding tert-OH is 1. The van der Waals surface area contributed by atoms with Gasteiger partial charge >= 0.3 is 0 Å². The molecule has 23 heavy (non-hydrogen) atoms. The summed E-state index contributed by atoms with van der Waals surface area (Å²) in [7, 11) is 1.90. The maximum absolute atomic E-state index is 9.75. The van der Waals surface area contributed by atoms with E-state index in [9.17, 15) is 5.11 Å². The smallest absolute Gasteiger partial charge is 0.154 e. The number of aromatic nitrogens is 5. The Morgan fingerprint density at radius 1 is 1.30 bits per heavy atom. The van der Waals surface area contributed by atoms with Gasteiger partial charge < -0.3 is 15.0 Å². The van der Waals surface area contributed by atoms with Crippen LogP contribution in [0.25, 0.3) is 16.7 Å². The van der Waals surface area contributed by atoms with E-state index in [0.717, 1.165) is 47.6 Å². The van der Waals surface area contributed by atoms with Crippen molar-refractivity contribution >= 4 is 16.9 Å². The fourth-order valence-corrected chi connectivity index (χ4v) is 3.29. The Bertz CT molecular complexity index is 851. The van der Waals surface area contributed by atoms with Crippen molar-refractivity contribution in [3.05, 3.63) is 30.5 Å². The van der Waals surface area contributed by atoms with Gasteiger partial charge in [-0.1, -0.05) is 0 Å². The van der Waals surface area contributed by atoms with Gasteiger partial charge in [-0.15, -0.1) is 0 Å². The highest BCUT2D eigenvalue weighted by Gasteiger charge is 2.24. The van der Waals surface area contributed by atoms with Crippen molar-refractivity contribution in [3.63, 3.8) is 0 Å². The summed E-state index contributed by atoms with van der Waals surface area (Å²) >= 11 is 0. The molecule has 0 amide bonds. The van der Waals surface area contributed by atoms with E-state index in [1.807, 2.05) is 38.6 Å². The predicted octanol–water partition coefficient (Wildman–Crippen LogP) is 1.79. The lowest BCUT2D eigenvalue weighted by Crippen LogP contribution is -2.18. The van der Waals surface area contributed by atoms with Crippen LogP contribution in [0.5, 0.6) is 0 Å². The van der Waals surface area contributed by atoms with Crippen molar-refractivity contribution in [1.29, 1.82) is 0 Å². The average molecular weight is 312 g/mol. The van der Waals surface area contributed by atoms with Crippen LogP contribution < -0.4 is 5.32 Å². The first-order chi connectivity index (χ1) is 11.1. The van der Waals surface area contributed by atoms with Gasteiger partial charge in [0.1, 0.15) is 11.3 Å². The maximum atomic E-state index is 9.75. The van der Waals surface area contributed by atoms with Crippen LogP contribution in [0.4, 0.5) is 5.82 Å². The number of hydrogen-bond acceptors (Lipinski definition) is 5. The molecule has 3 aromatic rings. The van der Waals surface area contributed by atoms with Gasteiger partial charge in [-0.05, 0) is 32.3 Å². The summed E-state index contributed by atoms with van der Waals surface area (Å²) in [6, 6.07) is 2.24. The van der Waals surface area contributed by atoms with Crippen LogP contribution in [0.1, 0.15) is 25.1 Å². The van der Waals surface area contributed by atoms with Crippen molar-refractivity contribution in [2.24, 2.45) is 7.05 Å². The highest BCUT2D eigenvalue weighted by Crippen LogP contribution is 2.28. The molecule has 0 radical (unpaired) electrons. The van der Waals surface area contributed by atoms with Crippen molar-refractivity contribution in [3.8, 4) is 5.69 Å². The fraction of sp³-hybridized carbons (Fsp3) is 0.438. The molecule has 0 unspecified atom stereocenters. The third kappa shape index (κ3) is 2.57. The number of nitrogens with zero attached hydrogens (tertiary/aromatic N) is 5. The number of anilines is 1. The summed E-state index contributed by atoms with van der Waals surface area (Å²) in [6.45, 7) is 1.90. The summed E-state index contributed by atoms with van der Waals surface area (Å²) in [5.74, 6) is 1.56. The standard InChI is InChI=1S/C16H20N6O/c1-10-18-14-5-6-22(12-8-17-21(2)9-12)15(14)16(19-10)20-11-3-4-13(23)7-11/h5-6,8-9,11,13,23H,3-4,7H2,1-2H3,(H,18,19,20)/t11-,13+/m0/s1. The van der Waals surface area contributed by atoms with Crippen LogP contribution in [0, 0.1) is 6.92 Å². The highest BCUT2D eigenvalue weighted by atomic mass is 16.3. The van der Waals surface area contributed by atoms with Crippen molar-refractivity contribution in [1.82, 2.24) is 24.3 Å². The predicted molar refractivity (Wildman–Crippen MR) is 87.6 cm³/mol. The van der Waals surface area contributed by atoms with Gasteiger partial charge in [-0.2, -0.15) is 5.10 Å². The van der Waals surface area contributed by atoms with Crippen molar-refractivity contribution in [2.75, 3.05) is 5.32 Å². The molecule has 2 N–H and O–H groups in total. The summed E-state index contributed by atoms with van der Waals surface area (Å²) in [6.07, 6.45) is 8.12. The number of nitrogens with one attached hydrogen (secondary N) is 1. The third-order valence-corrected chi connectivity index (χ3v) is 4.36. The summed E-state index contributed by atoms with van der Waals surface area (Å²) in [4.78, 5) is 9.13. The molecule has 1 aliphatic carbocycles. The molecule has 1 aliphatic rings. The number of aryl methyl sites for hydroxylation is 2. The number of fused-ring (bicyclic) bond motifs is 1. The Hall–Kier alpha value is -2.41. The Kier molecular flexibility index (Phi) is 3.30. The average Bonchev–Trinajstić information content (AvgIpc) is 3.19. The molecule has 0 aromatic carbocycles. The second-order valence-electron chi connectivity index (χ2n) is 6.22. The van der Waals surface area contributed by atoms with Crippen LogP contribution in [0.15, 0.2) is 24.7 Å². The van der Waals surface area contributed by atoms with Crippen molar-refractivity contribution < 1.29 is 5.11 Å². The molecule has 0 bridgehead atoms. The lowest BCUT2D eigenvalue weighted by molar-refractivity contribution is 0.182. The molecule has 1 saturated carbocycles. The lowest BCUT2D eigenvalue weighted by atomic mass is 10.2. The van der Waals surface area contributed by atoms with E-state index in [1.54, 1.807) is 4.68 Å². The maximum Gasteiger partial charge on any atom is 0.154 e. The minimum Gasteiger partial charge on any atom is -0.393 e. The SMILES string of the molecule is Cc1nc(N[C@H]2CC[C@@H](O)C2)c2c(ccn2-c2cnn(C)c2)n1. The topological polar surface area (TPSA) is 80.8 Å². The first-order valence-corrected chi connectivity index (χ1v) is 7.89. The van der Waals surface area contributed by atoms with Crippen LogP contribution in [0.2, 0.25) is 0 Å². The molecule has 0 saturated heterocycles. The van der Waals surface area contributed by atoms with Gasteiger partial charge in [0.05, 0.1) is 23.5 Å². The van der Waals surface area contributed by atoms with Crippen molar-refractivity contribution in [2.45, 2.75) is 38.3 Å². The van der Waals surface area contributed by atoms with E-state index in [0.29, 0.717) is 0 Å². The van der Waals surface area contributed by atoms with Gasteiger partial charge in [0.2, 0.25) is 0 Å². The summed E-state index contributed by atoms with van der Waals surface area (Å²) in [5.41, 5.74) is 2.83. The van der Waals surface area contributed by atoms with Crippen LogP contribution in [-0.4, -0.2) is 41.6 Å². The van der Waals surface area contributed by atoms with Gasteiger partial charge in [0.25, 0.3) is 0 Å². The zero-order chi connectivity index (χ0) is 16.0. The van der Waals surface area contributed by atoms with Gasteiger partial charge in [-0.25, -0.2) is 9.97 Å². The first kappa shape index (κ1) is 14.2. The van der Waals surface area contributed by atoms with Crippen LogP contribution in [0.3, 0.4) is 0 Å². The molecule has 0 aliphatic heterocycles. The molecular weight excluding hydrogens is 292 g/mol. The van der Waals surface area contributed by atoms with Crippen LogP contribution >= 0.6 is 0 Å². The Balaban J connectivity index is 1.80. The molecule has 3 aromatic heterocycles. The van der Waals surface area contributed by atoms with Gasteiger partial charge in [0, 0.05) is 25.5 Å². The number of rotatable bonds is 3. The summed E-state index contributed by atoms with van der Waals surface area (Å²) < 4.78 is 3.83. The van der Waals surface area contributed by atoms with E-state index in [-0.39, 0.29) is 12.1 Å². The molecule has 2 atom stereocenters. The van der Waals surface area contributed by atoms with E-state index < -0.39 is 0 Å². The quantitative estimate of drug-likeness (QED) is 0.770.